The van der Waals surface area contributed by atoms with Gasteiger partial charge in [-0.2, -0.15) is 0 Å². The molecule has 0 N–H and O–H groups in total. The van der Waals surface area contributed by atoms with E-state index in [-0.39, 0.29) is 0 Å². The van der Waals surface area contributed by atoms with Gasteiger partial charge in [0.05, 0.1) is 6.20 Å². The molecule has 0 aliphatic carbocycles. The molecule has 3 aromatic rings. The van der Waals surface area contributed by atoms with Crippen LogP contribution in [-0.2, 0) is 6.61 Å². The van der Waals surface area contributed by atoms with E-state index in [1.807, 2.05) is 54.6 Å². The molecule has 2 aromatic carbocycles. The Kier molecular flexibility index (Phi) is 2.50. The van der Waals surface area contributed by atoms with Gasteiger partial charge in [-0.3, -0.25) is 0 Å². The van der Waals surface area contributed by atoms with Crippen molar-refractivity contribution in [3.63, 3.8) is 0 Å². The Bertz CT molecular complexity index is 616. The van der Waals surface area contributed by atoms with Gasteiger partial charge < -0.3 is 4.84 Å². The van der Waals surface area contributed by atoms with Crippen LogP contribution in [0.3, 0.4) is 0 Å². The summed E-state index contributed by atoms with van der Waals surface area (Å²) in [6, 6.07) is 18.0. The predicted molar refractivity (Wildman–Crippen MR) is 66.5 cm³/mol. The van der Waals surface area contributed by atoms with Gasteiger partial charge in [0.1, 0.15) is 12.1 Å². The Hall–Kier alpha value is -2.29. The van der Waals surface area contributed by atoms with E-state index in [1.54, 1.807) is 11.0 Å². The Labute approximate surface area is 99.2 Å². The van der Waals surface area contributed by atoms with Crippen LogP contribution in [0.4, 0.5) is 0 Å². The molecule has 3 heteroatoms. The van der Waals surface area contributed by atoms with E-state index in [0.717, 1.165) is 16.5 Å². The lowest BCUT2D eigenvalue weighted by molar-refractivity contribution is 0.0795. The van der Waals surface area contributed by atoms with Crippen LogP contribution in [0, 0.1) is 0 Å². The van der Waals surface area contributed by atoms with Crippen LogP contribution in [0.1, 0.15) is 5.56 Å². The quantitative estimate of drug-likeness (QED) is 0.684. The summed E-state index contributed by atoms with van der Waals surface area (Å²) in [4.78, 5) is 7.22. The first-order chi connectivity index (χ1) is 8.43. The van der Waals surface area contributed by atoms with E-state index in [4.69, 9.17) is 4.84 Å². The Morgan fingerprint density at radius 3 is 2.59 bits per heavy atom. The average Bonchev–Trinajstić information content (AvgIpc) is 2.81. The number of aromatic nitrogens is 2. The highest BCUT2D eigenvalue weighted by atomic mass is 16.7. The molecular weight excluding hydrogens is 212 g/mol. The molecule has 0 fully saturated rings. The molecule has 0 unspecified atom stereocenters. The largest absolute Gasteiger partial charge is 0.391 e. The fourth-order valence-electron chi connectivity index (χ4n) is 1.76. The van der Waals surface area contributed by atoms with Crippen molar-refractivity contribution >= 4 is 10.9 Å². The second-order valence-corrected chi connectivity index (χ2v) is 3.84. The number of nitrogens with zero attached hydrogens (tertiary/aromatic N) is 2. The van der Waals surface area contributed by atoms with Gasteiger partial charge in [0.2, 0.25) is 0 Å². The third kappa shape index (κ3) is 1.99. The van der Waals surface area contributed by atoms with Gasteiger partial charge in [-0.25, -0.2) is 0 Å². The number of hydrogen-bond acceptors (Lipinski definition) is 2. The minimum absolute atomic E-state index is 0.520. The van der Waals surface area contributed by atoms with Crippen molar-refractivity contribution in [3.05, 3.63) is 66.4 Å². The third-order valence-corrected chi connectivity index (χ3v) is 2.64. The SMILES string of the molecule is c1ccc(COn2ncc3ccccc32)cc1. The van der Waals surface area contributed by atoms with Crippen LogP contribution in [-0.4, -0.2) is 9.94 Å². The Balaban J connectivity index is 1.82. The van der Waals surface area contributed by atoms with Crippen LogP contribution in [0.2, 0.25) is 0 Å². The molecule has 3 rings (SSSR count). The van der Waals surface area contributed by atoms with E-state index in [2.05, 4.69) is 5.10 Å². The van der Waals surface area contributed by atoms with E-state index in [9.17, 15) is 0 Å². The van der Waals surface area contributed by atoms with Crippen LogP contribution in [0.25, 0.3) is 10.9 Å². The van der Waals surface area contributed by atoms with Gasteiger partial charge in [0.25, 0.3) is 0 Å². The summed E-state index contributed by atoms with van der Waals surface area (Å²) in [7, 11) is 0. The standard InChI is InChI=1S/C14H12N2O/c1-2-6-12(7-3-1)11-17-16-14-9-5-4-8-13(14)10-15-16/h1-10H,11H2. The lowest BCUT2D eigenvalue weighted by Gasteiger charge is -2.06. The van der Waals surface area contributed by atoms with Crippen molar-refractivity contribution in [2.45, 2.75) is 6.61 Å². The van der Waals surface area contributed by atoms with Gasteiger partial charge in [0.15, 0.2) is 0 Å². The maximum Gasteiger partial charge on any atom is 0.142 e. The zero-order valence-corrected chi connectivity index (χ0v) is 9.28. The number of benzene rings is 2. The predicted octanol–water partition coefficient (Wildman–Crippen LogP) is 2.67. The molecule has 0 amide bonds. The summed E-state index contributed by atoms with van der Waals surface area (Å²) >= 11 is 0. The molecule has 0 saturated heterocycles. The van der Waals surface area contributed by atoms with Crippen molar-refractivity contribution in [1.29, 1.82) is 0 Å². The van der Waals surface area contributed by atoms with E-state index >= 15 is 0 Å². The molecule has 0 saturated carbocycles. The van der Waals surface area contributed by atoms with Crippen LogP contribution >= 0.6 is 0 Å². The first-order valence-electron chi connectivity index (χ1n) is 5.53. The summed E-state index contributed by atoms with van der Waals surface area (Å²) in [5, 5.41) is 5.29. The molecule has 84 valence electrons. The molecule has 0 aliphatic heterocycles. The zero-order chi connectivity index (χ0) is 11.5. The molecule has 1 aromatic heterocycles. The van der Waals surface area contributed by atoms with Crippen molar-refractivity contribution in [1.82, 2.24) is 9.94 Å². The summed E-state index contributed by atoms with van der Waals surface area (Å²) < 4.78 is 0. The number of fused-ring (bicyclic) bond motifs is 1. The van der Waals surface area contributed by atoms with E-state index in [1.165, 1.54) is 0 Å². The molecule has 1 heterocycles. The van der Waals surface area contributed by atoms with Crippen molar-refractivity contribution < 1.29 is 4.84 Å². The minimum Gasteiger partial charge on any atom is -0.391 e. The highest BCUT2D eigenvalue weighted by Crippen LogP contribution is 2.11. The van der Waals surface area contributed by atoms with Gasteiger partial charge in [-0.15, -0.1) is 5.10 Å². The van der Waals surface area contributed by atoms with Gasteiger partial charge in [-0.1, -0.05) is 53.4 Å². The lowest BCUT2D eigenvalue weighted by Crippen LogP contribution is -2.12. The first kappa shape index (κ1) is 9.90. The molecule has 0 radical (unpaired) electrons. The van der Waals surface area contributed by atoms with Gasteiger partial charge in [0, 0.05) is 5.39 Å². The maximum atomic E-state index is 5.65. The Morgan fingerprint density at radius 2 is 1.71 bits per heavy atom. The topological polar surface area (TPSA) is 27.1 Å². The highest BCUT2D eigenvalue weighted by molar-refractivity contribution is 5.77. The van der Waals surface area contributed by atoms with Gasteiger partial charge in [-0.05, 0) is 11.6 Å². The highest BCUT2D eigenvalue weighted by Gasteiger charge is 2.01. The molecule has 0 atom stereocenters. The molecule has 3 nitrogen and oxygen atoms in total. The molecule has 17 heavy (non-hydrogen) atoms. The second-order valence-electron chi connectivity index (χ2n) is 3.84. The maximum absolute atomic E-state index is 5.65. The van der Waals surface area contributed by atoms with Crippen LogP contribution in [0.15, 0.2) is 60.8 Å². The molecule has 0 spiro atoms. The smallest absolute Gasteiger partial charge is 0.142 e. The second kappa shape index (κ2) is 4.29. The third-order valence-electron chi connectivity index (χ3n) is 2.64. The first-order valence-corrected chi connectivity index (χ1v) is 5.53. The van der Waals surface area contributed by atoms with Crippen molar-refractivity contribution in [2.75, 3.05) is 0 Å². The fraction of sp³-hybridized carbons (Fsp3) is 0.0714. The number of rotatable bonds is 3. The lowest BCUT2D eigenvalue weighted by atomic mass is 10.2. The normalized spacial score (nSPS) is 10.6. The number of para-hydroxylation sites is 1. The summed E-state index contributed by atoms with van der Waals surface area (Å²) in [5.74, 6) is 0. The van der Waals surface area contributed by atoms with E-state index < -0.39 is 0 Å². The summed E-state index contributed by atoms with van der Waals surface area (Å²) in [6.45, 7) is 0.520. The zero-order valence-electron chi connectivity index (χ0n) is 9.28. The summed E-state index contributed by atoms with van der Waals surface area (Å²) in [5.41, 5.74) is 2.12. The molecular formula is C14H12N2O. The van der Waals surface area contributed by atoms with Crippen LogP contribution < -0.4 is 4.84 Å². The minimum atomic E-state index is 0.520. The Morgan fingerprint density at radius 1 is 0.941 bits per heavy atom. The molecule has 0 aliphatic rings. The fourth-order valence-corrected chi connectivity index (χ4v) is 1.76. The van der Waals surface area contributed by atoms with Crippen molar-refractivity contribution in [3.8, 4) is 0 Å². The van der Waals surface area contributed by atoms with Gasteiger partial charge >= 0.3 is 0 Å². The van der Waals surface area contributed by atoms with Crippen LogP contribution in [0.5, 0.6) is 0 Å². The molecule has 0 bridgehead atoms. The average molecular weight is 224 g/mol. The monoisotopic (exact) mass is 224 g/mol. The number of hydrogen-bond donors (Lipinski definition) is 0. The van der Waals surface area contributed by atoms with Crippen molar-refractivity contribution in [2.24, 2.45) is 0 Å². The van der Waals surface area contributed by atoms with E-state index in [0.29, 0.717) is 6.61 Å². The summed E-state index contributed by atoms with van der Waals surface area (Å²) in [6.07, 6.45) is 1.81.